The number of benzene rings is 1. The third-order valence-electron chi connectivity index (χ3n) is 2.61. The van der Waals surface area contributed by atoms with Crippen LogP contribution in [0.5, 0.6) is 0 Å². The smallest absolute Gasteiger partial charge is 0.466 e. The van der Waals surface area contributed by atoms with Gasteiger partial charge in [0.15, 0.2) is 0 Å². The van der Waals surface area contributed by atoms with Crippen LogP contribution in [-0.2, 0) is 19.6 Å². The summed E-state index contributed by atoms with van der Waals surface area (Å²) in [6, 6.07) is 5.01. The van der Waals surface area contributed by atoms with Crippen molar-refractivity contribution >= 4 is 21.7 Å². The van der Waals surface area contributed by atoms with Crippen LogP contribution < -0.4 is 4.72 Å². The predicted octanol–water partition coefficient (Wildman–Crippen LogP) is 2.61. The van der Waals surface area contributed by atoms with Gasteiger partial charge in [-0.15, -0.1) is 0 Å². The number of rotatable bonds is 5. The number of nitrogens with one attached hydrogen (secondary N) is 1. The SMILES string of the molecule is CCOC(=O)C(C)c1ccc(NS(=O)(=O)C(F)(F)F)cc1. The molecule has 0 aliphatic heterocycles. The highest BCUT2D eigenvalue weighted by Crippen LogP contribution is 2.26. The highest BCUT2D eigenvalue weighted by Gasteiger charge is 2.46. The number of hydrogen-bond donors (Lipinski definition) is 1. The minimum Gasteiger partial charge on any atom is -0.466 e. The fraction of sp³-hybridized carbons (Fsp3) is 0.417. The van der Waals surface area contributed by atoms with Gasteiger partial charge in [-0.3, -0.25) is 9.52 Å². The molecule has 0 saturated carbocycles. The molecule has 1 atom stereocenters. The Balaban J connectivity index is 2.87. The molecule has 0 saturated heterocycles. The minimum absolute atomic E-state index is 0.215. The summed E-state index contributed by atoms with van der Waals surface area (Å²) in [4.78, 5) is 11.5. The summed E-state index contributed by atoms with van der Waals surface area (Å²) in [6.45, 7) is 3.44. The molecule has 0 fully saturated rings. The molecular formula is C12H14F3NO4S. The van der Waals surface area contributed by atoms with Crippen molar-refractivity contribution < 1.29 is 31.1 Å². The maximum atomic E-state index is 12.2. The molecule has 5 nitrogen and oxygen atoms in total. The van der Waals surface area contributed by atoms with Gasteiger partial charge in [-0.2, -0.15) is 21.6 Å². The van der Waals surface area contributed by atoms with E-state index in [1.54, 1.807) is 13.8 Å². The summed E-state index contributed by atoms with van der Waals surface area (Å²) < 4.78 is 64.7. The first-order valence-electron chi connectivity index (χ1n) is 5.94. The van der Waals surface area contributed by atoms with Gasteiger partial charge in [0.25, 0.3) is 0 Å². The van der Waals surface area contributed by atoms with Gasteiger partial charge in [-0.25, -0.2) is 0 Å². The summed E-state index contributed by atoms with van der Waals surface area (Å²) in [5.74, 6) is -1.07. The van der Waals surface area contributed by atoms with E-state index in [9.17, 15) is 26.4 Å². The van der Waals surface area contributed by atoms with Crippen molar-refractivity contribution in [3.05, 3.63) is 29.8 Å². The number of carbonyl (C=O) groups excluding carboxylic acids is 1. The maximum Gasteiger partial charge on any atom is 0.516 e. The van der Waals surface area contributed by atoms with Gasteiger partial charge in [0.05, 0.1) is 12.5 Å². The number of hydrogen-bond acceptors (Lipinski definition) is 4. The molecule has 21 heavy (non-hydrogen) atoms. The lowest BCUT2D eigenvalue weighted by molar-refractivity contribution is -0.144. The fourth-order valence-electron chi connectivity index (χ4n) is 1.46. The molecule has 9 heteroatoms. The van der Waals surface area contributed by atoms with E-state index in [1.165, 1.54) is 16.9 Å². The molecule has 0 amide bonds. The first-order valence-corrected chi connectivity index (χ1v) is 7.42. The van der Waals surface area contributed by atoms with Gasteiger partial charge in [-0.05, 0) is 31.5 Å². The van der Waals surface area contributed by atoms with Crippen LogP contribution in [0.15, 0.2) is 24.3 Å². The summed E-state index contributed by atoms with van der Waals surface area (Å²) >= 11 is 0. The van der Waals surface area contributed by atoms with Crippen molar-refractivity contribution in [3.63, 3.8) is 0 Å². The van der Waals surface area contributed by atoms with Crippen LogP contribution >= 0.6 is 0 Å². The molecule has 0 bridgehead atoms. The maximum absolute atomic E-state index is 12.2. The van der Waals surface area contributed by atoms with Crippen LogP contribution in [0.1, 0.15) is 25.3 Å². The largest absolute Gasteiger partial charge is 0.516 e. The molecule has 0 spiro atoms. The summed E-state index contributed by atoms with van der Waals surface area (Å²) in [6.07, 6.45) is 0. The lowest BCUT2D eigenvalue weighted by Gasteiger charge is -2.13. The topological polar surface area (TPSA) is 72.5 Å². The number of alkyl halides is 3. The van der Waals surface area contributed by atoms with Crippen molar-refractivity contribution in [3.8, 4) is 0 Å². The van der Waals surface area contributed by atoms with Crippen LogP contribution in [0.25, 0.3) is 0 Å². The second kappa shape index (κ2) is 6.33. The zero-order valence-electron chi connectivity index (χ0n) is 11.3. The van der Waals surface area contributed by atoms with Crippen molar-refractivity contribution in [2.45, 2.75) is 25.3 Å². The Kier molecular flexibility index (Phi) is 5.21. The van der Waals surface area contributed by atoms with E-state index < -0.39 is 27.4 Å². The molecule has 1 aromatic carbocycles. The van der Waals surface area contributed by atoms with Gasteiger partial charge < -0.3 is 4.74 Å². The van der Waals surface area contributed by atoms with Gasteiger partial charge in [0.2, 0.25) is 0 Å². The van der Waals surface area contributed by atoms with Crippen LogP contribution in [0, 0.1) is 0 Å². The summed E-state index contributed by atoms with van der Waals surface area (Å²) in [7, 11) is -5.45. The summed E-state index contributed by atoms with van der Waals surface area (Å²) in [5.41, 5.74) is -5.13. The highest BCUT2D eigenvalue weighted by atomic mass is 32.2. The molecule has 0 radical (unpaired) electrons. The summed E-state index contributed by atoms with van der Waals surface area (Å²) in [5, 5.41) is 0. The van der Waals surface area contributed by atoms with Crippen molar-refractivity contribution in [1.29, 1.82) is 0 Å². The number of sulfonamides is 1. The first-order chi connectivity index (χ1) is 9.58. The Morgan fingerprint density at radius 2 is 1.81 bits per heavy atom. The van der Waals surface area contributed by atoms with Crippen molar-refractivity contribution in [1.82, 2.24) is 0 Å². The normalized spacial score (nSPS) is 13.6. The van der Waals surface area contributed by atoms with Gasteiger partial charge >= 0.3 is 21.5 Å². The zero-order valence-corrected chi connectivity index (χ0v) is 12.1. The average Bonchev–Trinajstić information content (AvgIpc) is 2.37. The number of halogens is 3. The van der Waals surface area contributed by atoms with E-state index in [1.807, 2.05) is 0 Å². The van der Waals surface area contributed by atoms with E-state index in [2.05, 4.69) is 0 Å². The quantitative estimate of drug-likeness (QED) is 0.845. The number of anilines is 1. The van der Waals surface area contributed by atoms with Gasteiger partial charge in [0.1, 0.15) is 0 Å². The molecule has 0 aliphatic carbocycles. The highest BCUT2D eigenvalue weighted by molar-refractivity contribution is 7.93. The Bertz CT molecular complexity index is 596. The van der Waals surface area contributed by atoms with E-state index in [4.69, 9.17) is 4.74 Å². The van der Waals surface area contributed by atoms with E-state index in [0.29, 0.717) is 5.56 Å². The third-order valence-corrected chi connectivity index (χ3v) is 3.72. The van der Waals surface area contributed by atoms with Crippen LogP contribution in [0.3, 0.4) is 0 Å². The minimum atomic E-state index is -5.45. The van der Waals surface area contributed by atoms with Gasteiger partial charge in [0, 0.05) is 5.69 Å². The molecule has 118 valence electrons. The number of ether oxygens (including phenoxy) is 1. The van der Waals surface area contributed by atoms with E-state index in [-0.39, 0.29) is 12.3 Å². The van der Waals surface area contributed by atoms with E-state index >= 15 is 0 Å². The number of esters is 1. The standard InChI is InChI=1S/C12H14F3NO4S/c1-3-20-11(17)8(2)9-4-6-10(7-5-9)16-21(18,19)12(13,14)15/h4-8,16H,3H2,1-2H3. The van der Waals surface area contributed by atoms with Crippen molar-refractivity contribution in [2.24, 2.45) is 0 Å². The molecule has 1 N–H and O–H groups in total. The van der Waals surface area contributed by atoms with Crippen LogP contribution in [0.4, 0.5) is 18.9 Å². The second-order valence-electron chi connectivity index (χ2n) is 4.15. The van der Waals surface area contributed by atoms with Crippen LogP contribution in [0.2, 0.25) is 0 Å². The lowest BCUT2D eigenvalue weighted by Crippen LogP contribution is -2.29. The Morgan fingerprint density at radius 1 is 1.29 bits per heavy atom. The Hall–Kier alpha value is -1.77. The molecule has 1 unspecified atom stereocenters. The number of carbonyl (C=O) groups is 1. The van der Waals surface area contributed by atoms with E-state index in [0.717, 1.165) is 12.1 Å². The monoisotopic (exact) mass is 325 g/mol. The zero-order chi connectivity index (χ0) is 16.3. The van der Waals surface area contributed by atoms with Gasteiger partial charge in [-0.1, -0.05) is 12.1 Å². The second-order valence-corrected chi connectivity index (χ2v) is 5.82. The third kappa shape index (κ3) is 4.35. The Morgan fingerprint density at radius 3 is 2.24 bits per heavy atom. The predicted molar refractivity (Wildman–Crippen MR) is 70.1 cm³/mol. The average molecular weight is 325 g/mol. The molecule has 0 aromatic heterocycles. The lowest BCUT2D eigenvalue weighted by atomic mass is 10.0. The molecule has 0 heterocycles. The fourth-order valence-corrected chi connectivity index (χ4v) is 2.02. The van der Waals surface area contributed by atoms with Crippen LogP contribution in [-0.4, -0.2) is 26.5 Å². The molecule has 0 aliphatic rings. The van der Waals surface area contributed by atoms with Crippen molar-refractivity contribution in [2.75, 3.05) is 11.3 Å². The Labute approximate surface area is 120 Å². The molecular weight excluding hydrogens is 311 g/mol. The first kappa shape index (κ1) is 17.3. The molecule has 1 rings (SSSR count). The molecule has 1 aromatic rings.